The second-order valence-electron chi connectivity index (χ2n) is 7.16. The van der Waals surface area contributed by atoms with Crippen molar-refractivity contribution in [3.05, 3.63) is 66.1 Å². The largest absolute Gasteiger partial charge is 0.478 e. The molecule has 0 radical (unpaired) electrons. The van der Waals surface area contributed by atoms with Gasteiger partial charge in [-0.15, -0.1) is 0 Å². The maximum Gasteiger partial charge on any atom is 0.335 e. The van der Waals surface area contributed by atoms with Crippen molar-refractivity contribution in [1.82, 2.24) is 4.98 Å². The molecule has 1 aromatic heterocycles. The molecule has 29 heavy (non-hydrogen) atoms. The summed E-state index contributed by atoms with van der Waals surface area (Å²) in [6, 6.07) is 12.5. The number of carboxylic acid groups (broad SMARTS) is 1. The van der Waals surface area contributed by atoms with Crippen molar-refractivity contribution in [2.24, 2.45) is 0 Å². The first-order valence-corrected chi connectivity index (χ1v) is 9.37. The van der Waals surface area contributed by atoms with E-state index in [9.17, 15) is 14.7 Å². The average Bonchev–Trinajstić information content (AvgIpc) is 3.22. The first kappa shape index (κ1) is 18.7. The molecule has 2 heterocycles. The first-order chi connectivity index (χ1) is 13.9. The highest BCUT2D eigenvalue weighted by Crippen LogP contribution is 2.39. The smallest absolute Gasteiger partial charge is 0.335 e. The van der Waals surface area contributed by atoms with Crippen molar-refractivity contribution >= 4 is 23.3 Å². The van der Waals surface area contributed by atoms with Crippen LogP contribution >= 0.6 is 0 Å². The molecule has 2 atom stereocenters. The Labute approximate surface area is 168 Å². The van der Waals surface area contributed by atoms with Crippen molar-refractivity contribution in [2.45, 2.75) is 32.4 Å². The zero-order valence-electron chi connectivity index (χ0n) is 16.1. The number of carbonyl (C=O) groups is 2. The minimum atomic E-state index is -0.991. The second-order valence-corrected chi connectivity index (χ2v) is 7.16. The molecule has 4 rings (SSSR count). The third-order valence-electron chi connectivity index (χ3n) is 5.17. The van der Waals surface area contributed by atoms with Crippen LogP contribution in [0.15, 0.2) is 59.3 Å². The van der Waals surface area contributed by atoms with E-state index in [2.05, 4.69) is 10.3 Å². The fraction of sp³-hybridized carbons (Fsp3) is 0.227. The van der Waals surface area contributed by atoms with Gasteiger partial charge in [0.25, 0.3) is 0 Å². The summed E-state index contributed by atoms with van der Waals surface area (Å²) in [6.45, 7) is 3.52. The Morgan fingerprint density at radius 3 is 2.59 bits per heavy atom. The minimum Gasteiger partial charge on any atom is -0.478 e. The molecule has 1 amide bonds. The van der Waals surface area contributed by atoms with E-state index < -0.39 is 5.97 Å². The highest BCUT2D eigenvalue weighted by molar-refractivity contribution is 5.95. The van der Waals surface area contributed by atoms with Gasteiger partial charge in [0, 0.05) is 29.9 Å². The van der Waals surface area contributed by atoms with E-state index in [0.717, 1.165) is 22.5 Å². The number of hydrogen-bond donors (Lipinski definition) is 2. The normalized spacial score (nSPS) is 18.2. The molecule has 0 saturated carbocycles. The lowest BCUT2D eigenvalue weighted by Gasteiger charge is -2.39. The summed E-state index contributed by atoms with van der Waals surface area (Å²) in [4.78, 5) is 29.5. The van der Waals surface area contributed by atoms with Crippen LogP contribution in [0.3, 0.4) is 0 Å². The number of aromatic carboxylic acids is 1. The van der Waals surface area contributed by atoms with Crippen molar-refractivity contribution in [3.8, 4) is 11.5 Å². The van der Waals surface area contributed by atoms with Gasteiger partial charge in [-0.3, -0.25) is 4.79 Å². The molecule has 3 aromatic rings. The fourth-order valence-corrected chi connectivity index (χ4v) is 3.89. The Morgan fingerprint density at radius 1 is 1.21 bits per heavy atom. The molecule has 0 saturated heterocycles. The molecule has 2 N–H and O–H groups in total. The number of nitrogens with zero attached hydrogens (tertiary/aromatic N) is 2. The predicted molar refractivity (Wildman–Crippen MR) is 109 cm³/mol. The van der Waals surface area contributed by atoms with Gasteiger partial charge in [-0.05, 0) is 61.4 Å². The van der Waals surface area contributed by atoms with Gasteiger partial charge in [0.05, 0.1) is 17.8 Å². The van der Waals surface area contributed by atoms with Gasteiger partial charge in [-0.2, -0.15) is 0 Å². The van der Waals surface area contributed by atoms with Gasteiger partial charge in [0.1, 0.15) is 6.26 Å². The predicted octanol–water partition coefficient (Wildman–Crippen LogP) is 4.34. The van der Waals surface area contributed by atoms with Crippen molar-refractivity contribution in [3.63, 3.8) is 0 Å². The standard InChI is InChI=1S/C22H21N3O4/c1-13-11-19(24-17-6-3-15(4-7-17)21-23-9-10-29-21)18-12-16(22(27)28)5-8-20(18)25(13)14(2)26/h3-10,12-13,19,24H,11H2,1-2H3,(H,27,28)/t13-,19+/m0/s1. The number of fused-ring (bicyclic) bond motifs is 1. The minimum absolute atomic E-state index is 0.0141. The maximum absolute atomic E-state index is 12.2. The number of rotatable bonds is 4. The molecular weight excluding hydrogens is 370 g/mol. The van der Waals surface area contributed by atoms with Crippen LogP contribution in [-0.4, -0.2) is 28.0 Å². The van der Waals surface area contributed by atoms with E-state index in [0.29, 0.717) is 12.3 Å². The Morgan fingerprint density at radius 2 is 1.97 bits per heavy atom. The number of anilines is 2. The Kier molecular flexibility index (Phi) is 4.80. The molecular formula is C22H21N3O4. The highest BCUT2D eigenvalue weighted by Gasteiger charge is 2.33. The van der Waals surface area contributed by atoms with Gasteiger partial charge in [0.2, 0.25) is 11.8 Å². The maximum atomic E-state index is 12.2. The van der Waals surface area contributed by atoms with Crippen LogP contribution in [0.2, 0.25) is 0 Å². The number of aromatic nitrogens is 1. The Hall–Kier alpha value is -3.61. The van der Waals surface area contributed by atoms with Crippen LogP contribution in [0.4, 0.5) is 11.4 Å². The second kappa shape index (κ2) is 7.43. The molecule has 0 aliphatic carbocycles. The van der Waals surface area contributed by atoms with Crippen LogP contribution in [0.5, 0.6) is 0 Å². The number of carbonyl (C=O) groups excluding carboxylic acids is 1. The van der Waals surface area contributed by atoms with Crippen molar-refractivity contribution in [1.29, 1.82) is 0 Å². The number of hydrogen-bond acceptors (Lipinski definition) is 5. The molecule has 7 heteroatoms. The Bertz CT molecular complexity index is 1040. The fourth-order valence-electron chi connectivity index (χ4n) is 3.89. The van der Waals surface area contributed by atoms with Crippen LogP contribution < -0.4 is 10.2 Å². The molecule has 7 nitrogen and oxygen atoms in total. The summed E-state index contributed by atoms with van der Waals surface area (Å²) in [6.07, 6.45) is 3.79. The number of amides is 1. The highest BCUT2D eigenvalue weighted by atomic mass is 16.4. The van der Waals surface area contributed by atoms with E-state index in [1.807, 2.05) is 31.2 Å². The molecule has 0 bridgehead atoms. The molecule has 148 valence electrons. The van der Waals surface area contributed by atoms with E-state index >= 15 is 0 Å². The number of nitrogens with one attached hydrogen (secondary N) is 1. The lowest BCUT2D eigenvalue weighted by molar-refractivity contribution is -0.117. The summed E-state index contributed by atoms with van der Waals surface area (Å²) in [7, 11) is 0. The zero-order chi connectivity index (χ0) is 20.5. The van der Waals surface area contributed by atoms with E-state index in [1.54, 1.807) is 23.2 Å². The number of benzene rings is 2. The topological polar surface area (TPSA) is 95.7 Å². The molecule has 0 unspecified atom stereocenters. The zero-order valence-corrected chi connectivity index (χ0v) is 16.1. The van der Waals surface area contributed by atoms with E-state index in [1.165, 1.54) is 19.3 Å². The summed E-state index contributed by atoms with van der Waals surface area (Å²) in [5.41, 5.74) is 3.51. The lowest BCUT2D eigenvalue weighted by atomic mass is 9.90. The molecule has 0 spiro atoms. The van der Waals surface area contributed by atoms with E-state index in [4.69, 9.17) is 4.42 Å². The summed E-state index contributed by atoms with van der Waals surface area (Å²) in [5, 5.41) is 12.9. The molecule has 1 aliphatic rings. The van der Waals surface area contributed by atoms with Crippen molar-refractivity contribution < 1.29 is 19.1 Å². The molecule has 2 aromatic carbocycles. The monoisotopic (exact) mass is 391 g/mol. The van der Waals surface area contributed by atoms with Gasteiger partial charge in [-0.25, -0.2) is 9.78 Å². The van der Waals surface area contributed by atoms with Crippen LogP contribution in [0.25, 0.3) is 11.5 Å². The number of carboxylic acids is 1. The van der Waals surface area contributed by atoms with Crippen LogP contribution in [0, 0.1) is 0 Å². The van der Waals surface area contributed by atoms with Crippen LogP contribution in [-0.2, 0) is 4.79 Å². The van der Waals surface area contributed by atoms with E-state index in [-0.39, 0.29) is 23.6 Å². The summed E-state index contributed by atoms with van der Waals surface area (Å²) >= 11 is 0. The van der Waals surface area contributed by atoms with Gasteiger partial charge >= 0.3 is 5.97 Å². The SMILES string of the molecule is CC(=O)N1c2ccc(C(=O)O)cc2[C@H](Nc2ccc(-c3ncco3)cc2)C[C@@H]1C. The van der Waals surface area contributed by atoms with Gasteiger partial charge in [-0.1, -0.05) is 0 Å². The van der Waals surface area contributed by atoms with Gasteiger partial charge in [0.15, 0.2) is 0 Å². The lowest BCUT2D eigenvalue weighted by Crippen LogP contribution is -2.43. The quantitative estimate of drug-likeness (QED) is 0.687. The molecule has 0 fully saturated rings. The third-order valence-corrected chi connectivity index (χ3v) is 5.17. The van der Waals surface area contributed by atoms with Gasteiger partial charge < -0.3 is 19.7 Å². The summed E-state index contributed by atoms with van der Waals surface area (Å²) in [5.74, 6) is -0.498. The van der Waals surface area contributed by atoms with Crippen molar-refractivity contribution in [2.75, 3.05) is 10.2 Å². The number of oxazole rings is 1. The summed E-state index contributed by atoms with van der Waals surface area (Å²) < 4.78 is 5.32. The third kappa shape index (κ3) is 3.59. The average molecular weight is 391 g/mol. The molecule has 1 aliphatic heterocycles. The Balaban J connectivity index is 1.66. The van der Waals surface area contributed by atoms with Crippen LogP contribution in [0.1, 0.15) is 42.2 Å². The first-order valence-electron chi connectivity index (χ1n) is 9.37.